The van der Waals surface area contributed by atoms with E-state index in [1.807, 2.05) is 0 Å². The van der Waals surface area contributed by atoms with Crippen molar-refractivity contribution in [3.8, 4) is 11.5 Å². The predicted octanol–water partition coefficient (Wildman–Crippen LogP) is 1.17. The summed E-state index contributed by atoms with van der Waals surface area (Å²) in [6.45, 7) is 1.31. The molecule has 0 aromatic heterocycles. The van der Waals surface area contributed by atoms with Crippen molar-refractivity contribution in [1.82, 2.24) is 9.21 Å². The number of carbonyl (C=O) groups excluding carboxylic acids is 1. The van der Waals surface area contributed by atoms with Crippen LogP contribution in [0.15, 0.2) is 23.1 Å². The van der Waals surface area contributed by atoms with Gasteiger partial charge in [0.2, 0.25) is 10.0 Å². The standard InChI is InChI=1S/C15H22N2O6S/c1-21-13-6-5-12(11-14(13)22-2)24(19,20)17-8-4-7-16(9-10-17)15(18)23-3/h5-6,11H,4,7-10H2,1-3H3. The van der Waals surface area contributed by atoms with Crippen LogP contribution in [0.1, 0.15) is 6.42 Å². The second kappa shape index (κ2) is 7.71. The number of nitrogens with zero attached hydrogens (tertiary/aromatic N) is 2. The molecule has 0 unspecified atom stereocenters. The summed E-state index contributed by atoms with van der Waals surface area (Å²) in [5.74, 6) is 0.814. The van der Waals surface area contributed by atoms with Gasteiger partial charge in [-0.15, -0.1) is 0 Å². The molecule has 1 aliphatic rings. The minimum absolute atomic E-state index is 0.131. The van der Waals surface area contributed by atoms with E-state index in [9.17, 15) is 13.2 Å². The summed E-state index contributed by atoms with van der Waals surface area (Å²) in [5.41, 5.74) is 0. The van der Waals surface area contributed by atoms with Crippen LogP contribution in [0.5, 0.6) is 11.5 Å². The zero-order valence-electron chi connectivity index (χ0n) is 14.0. The number of rotatable bonds is 4. The van der Waals surface area contributed by atoms with Crippen molar-refractivity contribution in [2.45, 2.75) is 11.3 Å². The lowest BCUT2D eigenvalue weighted by Crippen LogP contribution is -2.37. The fourth-order valence-electron chi connectivity index (χ4n) is 2.57. The predicted molar refractivity (Wildman–Crippen MR) is 86.9 cm³/mol. The molecule has 0 spiro atoms. The molecule has 1 aromatic rings. The van der Waals surface area contributed by atoms with E-state index in [4.69, 9.17) is 14.2 Å². The Hall–Kier alpha value is -2.00. The first kappa shape index (κ1) is 18.3. The number of hydrogen-bond acceptors (Lipinski definition) is 6. The zero-order valence-corrected chi connectivity index (χ0v) is 14.8. The van der Waals surface area contributed by atoms with Crippen molar-refractivity contribution in [3.63, 3.8) is 0 Å². The lowest BCUT2D eigenvalue weighted by molar-refractivity contribution is 0.126. The van der Waals surface area contributed by atoms with Crippen LogP contribution >= 0.6 is 0 Å². The smallest absolute Gasteiger partial charge is 0.409 e. The first-order valence-electron chi connectivity index (χ1n) is 7.49. The molecule has 8 nitrogen and oxygen atoms in total. The van der Waals surface area contributed by atoms with Crippen LogP contribution in [-0.2, 0) is 14.8 Å². The van der Waals surface area contributed by atoms with Crippen LogP contribution in [0.2, 0.25) is 0 Å². The van der Waals surface area contributed by atoms with Crippen molar-refractivity contribution in [2.75, 3.05) is 47.5 Å². The van der Waals surface area contributed by atoms with Crippen molar-refractivity contribution in [1.29, 1.82) is 0 Å². The molecule has 9 heteroatoms. The quantitative estimate of drug-likeness (QED) is 0.803. The van der Waals surface area contributed by atoms with Crippen LogP contribution in [0, 0.1) is 0 Å². The van der Waals surface area contributed by atoms with Gasteiger partial charge in [0.25, 0.3) is 0 Å². The molecule has 24 heavy (non-hydrogen) atoms. The summed E-state index contributed by atoms with van der Waals surface area (Å²) < 4.78 is 42.1. The summed E-state index contributed by atoms with van der Waals surface area (Å²) in [6.07, 6.45) is 0.0992. The van der Waals surface area contributed by atoms with E-state index >= 15 is 0 Å². The van der Waals surface area contributed by atoms with E-state index in [2.05, 4.69) is 0 Å². The summed E-state index contributed by atoms with van der Waals surface area (Å²) in [6, 6.07) is 4.49. The Morgan fingerprint density at radius 3 is 2.33 bits per heavy atom. The highest BCUT2D eigenvalue weighted by Gasteiger charge is 2.29. The molecule has 0 radical (unpaired) electrons. The van der Waals surface area contributed by atoms with E-state index in [-0.39, 0.29) is 11.4 Å². The van der Waals surface area contributed by atoms with Gasteiger partial charge in [-0.3, -0.25) is 0 Å². The molecular weight excluding hydrogens is 336 g/mol. The average molecular weight is 358 g/mol. The summed E-state index contributed by atoms with van der Waals surface area (Å²) in [7, 11) is 0.572. The molecule has 134 valence electrons. The van der Waals surface area contributed by atoms with E-state index in [1.54, 1.807) is 6.07 Å². The van der Waals surface area contributed by atoms with Crippen molar-refractivity contribution >= 4 is 16.1 Å². The van der Waals surface area contributed by atoms with E-state index in [0.717, 1.165) is 0 Å². The molecule has 0 atom stereocenters. The highest BCUT2D eigenvalue weighted by Crippen LogP contribution is 2.30. The topological polar surface area (TPSA) is 85.4 Å². The average Bonchev–Trinajstić information content (AvgIpc) is 2.87. The Balaban J connectivity index is 2.22. The molecule has 2 rings (SSSR count). The maximum absolute atomic E-state index is 12.8. The number of ether oxygens (including phenoxy) is 3. The zero-order chi connectivity index (χ0) is 17.7. The number of methoxy groups -OCH3 is 3. The van der Waals surface area contributed by atoms with Gasteiger partial charge in [0.1, 0.15) is 0 Å². The number of carbonyl (C=O) groups is 1. The molecular formula is C15H22N2O6S. The van der Waals surface area contributed by atoms with Crippen LogP contribution in [0.3, 0.4) is 0 Å². The Bertz CT molecular complexity index is 691. The molecule has 0 bridgehead atoms. The Kier molecular flexibility index (Phi) is 5.89. The first-order valence-corrected chi connectivity index (χ1v) is 8.93. The third kappa shape index (κ3) is 3.73. The Labute approximate surface area is 141 Å². The minimum atomic E-state index is -3.68. The Morgan fingerprint density at radius 1 is 1.00 bits per heavy atom. The van der Waals surface area contributed by atoms with Crippen LogP contribution in [0.4, 0.5) is 4.79 Å². The second-order valence-corrected chi connectivity index (χ2v) is 7.17. The highest BCUT2D eigenvalue weighted by atomic mass is 32.2. The minimum Gasteiger partial charge on any atom is -0.493 e. The van der Waals surface area contributed by atoms with Gasteiger partial charge in [0, 0.05) is 32.2 Å². The Morgan fingerprint density at radius 2 is 1.71 bits per heavy atom. The van der Waals surface area contributed by atoms with E-state index in [0.29, 0.717) is 37.6 Å². The van der Waals surface area contributed by atoms with Gasteiger partial charge in [0.05, 0.1) is 26.2 Å². The maximum Gasteiger partial charge on any atom is 0.409 e. The lowest BCUT2D eigenvalue weighted by Gasteiger charge is -2.21. The molecule has 0 saturated carbocycles. The number of benzene rings is 1. The fraction of sp³-hybridized carbons (Fsp3) is 0.533. The second-order valence-electron chi connectivity index (χ2n) is 5.23. The van der Waals surface area contributed by atoms with Gasteiger partial charge in [-0.1, -0.05) is 0 Å². The summed E-state index contributed by atoms with van der Waals surface area (Å²) in [5, 5.41) is 0. The van der Waals surface area contributed by atoms with Gasteiger partial charge in [-0.05, 0) is 18.6 Å². The third-order valence-corrected chi connectivity index (χ3v) is 5.78. The third-order valence-electron chi connectivity index (χ3n) is 3.88. The van der Waals surface area contributed by atoms with Gasteiger partial charge in [-0.2, -0.15) is 4.31 Å². The molecule has 1 fully saturated rings. The van der Waals surface area contributed by atoms with Crippen molar-refractivity contribution < 1.29 is 27.4 Å². The molecule has 1 saturated heterocycles. The fourth-order valence-corrected chi connectivity index (χ4v) is 4.06. The lowest BCUT2D eigenvalue weighted by atomic mass is 10.3. The molecule has 0 N–H and O–H groups in total. The van der Waals surface area contributed by atoms with Gasteiger partial charge in [0.15, 0.2) is 11.5 Å². The van der Waals surface area contributed by atoms with E-state index < -0.39 is 16.1 Å². The van der Waals surface area contributed by atoms with E-state index in [1.165, 1.54) is 42.7 Å². The first-order chi connectivity index (χ1) is 11.4. The molecule has 1 heterocycles. The van der Waals surface area contributed by atoms with Gasteiger partial charge >= 0.3 is 6.09 Å². The number of sulfonamides is 1. The summed E-state index contributed by atoms with van der Waals surface area (Å²) in [4.78, 5) is 13.2. The van der Waals surface area contributed by atoms with Gasteiger partial charge < -0.3 is 19.1 Å². The number of amides is 1. The maximum atomic E-state index is 12.8. The molecule has 1 aromatic carbocycles. The van der Waals surface area contributed by atoms with Crippen LogP contribution in [0.25, 0.3) is 0 Å². The van der Waals surface area contributed by atoms with Crippen LogP contribution < -0.4 is 9.47 Å². The van der Waals surface area contributed by atoms with Crippen LogP contribution in [-0.4, -0.2) is 71.2 Å². The largest absolute Gasteiger partial charge is 0.493 e. The normalized spacial score (nSPS) is 16.4. The molecule has 1 aliphatic heterocycles. The highest BCUT2D eigenvalue weighted by molar-refractivity contribution is 7.89. The molecule has 0 aliphatic carbocycles. The summed E-state index contributed by atoms with van der Waals surface area (Å²) >= 11 is 0. The SMILES string of the molecule is COC(=O)N1CCCN(S(=O)(=O)c2ccc(OC)c(OC)c2)CC1. The van der Waals surface area contributed by atoms with Crippen molar-refractivity contribution in [3.05, 3.63) is 18.2 Å². The van der Waals surface area contributed by atoms with Crippen molar-refractivity contribution in [2.24, 2.45) is 0 Å². The van der Waals surface area contributed by atoms with Gasteiger partial charge in [-0.25, -0.2) is 13.2 Å². The molecule has 1 amide bonds. The number of hydrogen-bond donors (Lipinski definition) is 0. The monoisotopic (exact) mass is 358 g/mol.